The molecule has 0 radical (unpaired) electrons. The highest BCUT2D eigenvalue weighted by atomic mass is 32.1. The van der Waals surface area contributed by atoms with E-state index in [0.717, 1.165) is 66.9 Å². The highest BCUT2D eigenvalue weighted by Crippen LogP contribution is 2.48. The van der Waals surface area contributed by atoms with E-state index in [1.807, 2.05) is 17.4 Å². The van der Waals surface area contributed by atoms with Crippen molar-refractivity contribution >= 4 is 92.3 Å². The molecule has 3 aromatic heterocycles. The van der Waals surface area contributed by atoms with E-state index < -0.39 is 0 Å². The van der Waals surface area contributed by atoms with Gasteiger partial charge in [0, 0.05) is 54.0 Å². The predicted molar refractivity (Wildman–Crippen MR) is 247 cm³/mol. The number of aromatic nitrogens is 1. The molecule has 0 fully saturated rings. The molecule has 3 nitrogen and oxygen atoms in total. The van der Waals surface area contributed by atoms with Crippen molar-refractivity contribution < 1.29 is 4.42 Å². The predicted octanol–water partition coefficient (Wildman–Crippen LogP) is 15.9. The minimum atomic E-state index is 0.893. The van der Waals surface area contributed by atoms with Crippen molar-refractivity contribution in [1.29, 1.82) is 0 Å². The lowest BCUT2D eigenvalue weighted by Gasteiger charge is -2.27. The summed E-state index contributed by atoms with van der Waals surface area (Å²) in [5.74, 6) is 0. The highest BCUT2D eigenvalue weighted by molar-refractivity contribution is 7.26. The van der Waals surface area contributed by atoms with Crippen LogP contribution in [0.2, 0.25) is 0 Å². The van der Waals surface area contributed by atoms with E-state index in [4.69, 9.17) is 4.42 Å². The third-order valence-corrected chi connectivity index (χ3v) is 12.8. The van der Waals surface area contributed by atoms with Gasteiger partial charge in [-0.25, -0.2) is 0 Å². The van der Waals surface area contributed by atoms with E-state index in [1.54, 1.807) is 0 Å². The molecule has 0 amide bonds. The van der Waals surface area contributed by atoms with Crippen molar-refractivity contribution in [2.24, 2.45) is 0 Å². The molecule has 272 valence electrons. The van der Waals surface area contributed by atoms with E-state index in [0.29, 0.717) is 0 Å². The normalized spacial score (nSPS) is 11.8. The smallest absolute Gasteiger partial charge is 0.143 e. The lowest BCUT2D eigenvalue weighted by molar-refractivity contribution is 0.670. The van der Waals surface area contributed by atoms with E-state index >= 15 is 0 Å². The second-order valence-corrected chi connectivity index (χ2v) is 15.9. The van der Waals surface area contributed by atoms with Gasteiger partial charge in [-0.15, -0.1) is 11.3 Å². The van der Waals surface area contributed by atoms with Crippen molar-refractivity contribution in [3.05, 3.63) is 206 Å². The Morgan fingerprint density at radius 2 is 1.09 bits per heavy atom. The van der Waals surface area contributed by atoms with Crippen LogP contribution < -0.4 is 4.90 Å². The summed E-state index contributed by atoms with van der Waals surface area (Å²) in [5.41, 5.74) is 13.3. The fraction of sp³-hybridized carbons (Fsp3) is 0. The number of fused-ring (bicyclic) bond motifs is 9. The first-order valence-corrected chi connectivity index (χ1v) is 20.5. The Hall–Kier alpha value is -7.40. The Bertz CT molecular complexity index is 3500. The first kappa shape index (κ1) is 32.8. The molecule has 0 atom stereocenters. The Labute approximate surface area is 338 Å². The number of hydrogen-bond donors (Lipinski definition) is 0. The van der Waals surface area contributed by atoms with Gasteiger partial charge in [0.2, 0.25) is 0 Å². The van der Waals surface area contributed by atoms with Crippen LogP contribution in [-0.4, -0.2) is 4.57 Å². The highest BCUT2D eigenvalue weighted by Gasteiger charge is 2.23. The molecule has 12 aromatic rings. The molecule has 3 heterocycles. The number of benzene rings is 9. The molecule has 0 bridgehead atoms. The minimum absolute atomic E-state index is 0.893. The molecule has 0 aliphatic rings. The fourth-order valence-electron chi connectivity index (χ4n) is 8.98. The van der Waals surface area contributed by atoms with Crippen LogP contribution in [0.4, 0.5) is 17.1 Å². The molecule has 0 spiro atoms. The molecule has 58 heavy (non-hydrogen) atoms. The standard InChI is InChI=1S/C54H34N2OS/c1-3-14-36(15-4-1)40-20-11-21-42-45-34-37(30-33-50(45)57-53(40)42)35-28-31-39(32-29-35)56(49-26-12-22-43-41-18-8-10-27-51(41)58-54(43)49)48-25-13-24-47-52(48)44-19-7-9-23-46(44)55(47)38-16-5-2-6-17-38/h1-34H. The van der Waals surface area contributed by atoms with Crippen LogP contribution in [0.5, 0.6) is 0 Å². The number of para-hydroxylation sites is 3. The molecular weight excluding hydrogens is 725 g/mol. The van der Waals surface area contributed by atoms with Gasteiger partial charge in [0.15, 0.2) is 0 Å². The Balaban J connectivity index is 1.05. The fourth-order valence-corrected chi connectivity index (χ4v) is 10.2. The van der Waals surface area contributed by atoms with Crippen LogP contribution in [0.1, 0.15) is 0 Å². The maximum atomic E-state index is 6.52. The summed E-state index contributed by atoms with van der Waals surface area (Å²) >= 11 is 1.86. The van der Waals surface area contributed by atoms with E-state index in [1.165, 1.54) is 42.0 Å². The number of rotatable bonds is 6. The van der Waals surface area contributed by atoms with Crippen molar-refractivity contribution in [3.63, 3.8) is 0 Å². The average Bonchev–Trinajstić information content (AvgIpc) is 3.97. The van der Waals surface area contributed by atoms with Gasteiger partial charge < -0.3 is 13.9 Å². The number of anilines is 3. The number of furan rings is 1. The number of hydrogen-bond acceptors (Lipinski definition) is 3. The topological polar surface area (TPSA) is 21.3 Å². The van der Waals surface area contributed by atoms with Gasteiger partial charge in [-0.05, 0) is 83.4 Å². The van der Waals surface area contributed by atoms with Crippen molar-refractivity contribution in [2.45, 2.75) is 0 Å². The lowest BCUT2D eigenvalue weighted by atomic mass is 10.00. The van der Waals surface area contributed by atoms with Gasteiger partial charge >= 0.3 is 0 Å². The zero-order valence-corrected chi connectivity index (χ0v) is 32.2. The first-order chi connectivity index (χ1) is 28.8. The monoisotopic (exact) mass is 758 g/mol. The molecule has 0 saturated carbocycles. The zero-order chi connectivity index (χ0) is 38.2. The van der Waals surface area contributed by atoms with Crippen molar-refractivity contribution in [2.75, 3.05) is 4.90 Å². The molecular formula is C54H34N2OS. The molecule has 4 heteroatoms. The maximum absolute atomic E-state index is 6.52. The summed E-state index contributed by atoms with van der Waals surface area (Å²) in [6.45, 7) is 0. The van der Waals surface area contributed by atoms with E-state index in [-0.39, 0.29) is 0 Å². The second kappa shape index (κ2) is 13.1. The van der Waals surface area contributed by atoms with Gasteiger partial charge in [0.25, 0.3) is 0 Å². The summed E-state index contributed by atoms with van der Waals surface area (Å²) in [7, 11) is 0. The number of thiophene rings is 1. The molecule has 0 aliphatic carbocycles. The Morgan fingerprint density at radius 1 is 0.431 bits per heavy atom. The van der Waals surface area contributed by atoms with Crippen LogP contribution in [0.3, 0.4) is 0 Å². The van der Waals surface area contributed by atoms with E-state index in [9.17, 15) is 0 Å². The molecule has 12 rings (SSSR count). The zero-order valence-electron chi connectivity index (χ0n) is 31.3. The van der Waals surface area contributed by atoms with Gasteiger partial charge in [0.05, 0.1) is 27.1 Å². The summed E-state index contributed by atoms with van der Waals surface area (Å²) in [6.07, 6.45) is 0. The van der Waals surface area contributed by atoms with Gasteiger partial charge in [-0.3, -0.25) is 0 Å². The average molecular weight is 759 g/mol. The largest absolute Gasteiger partial charge is 0.455 e. The van der Waals surface area contributed by atoms with Crippen LogP contribution in [0.25, 0.3) is 91.9 Å². The SMILES string of the molecule is c1ccc(-c2cccc3c2oc2ccc(-c4ccc(N(c5cccc6c5sc5ccccc56)c5cccc6c5c5ccccc5n6-c5ccccc5)cc4)cc23)cc1. The van der Waals surface area contributed by atoms with Gasteiger partial charge in [-0.1, -0.05) is 140 Å². The molecule has 0 unspecified atom stereocenters. The van der Waals surface area contributed by atoms with Crippen LogP contribution in [-0.2, 0) is 0 Å². The Kier molecular flexibility index (Phi) is 7.40. The summed E-state index contributed by atoms with van der Waals surface area (Å²) < 4.78 is 11.5. The van der Waals surface area contributed by atoms with Gasteiger partial charge in [-0.2, -0.15) is 0 Å². The summed E-state index contributed by atoms with van der Waals surface area (Å²) in [5, 5.41) is 7.25. The van der Waals surface area contributed by atoms with Crippen molar-refractivity contribution in [1.82, 2.24) is 4.57 Å². The molecule has 0 N–H and O–H groups in total. The van der Waals surface area contributed by atoms with Crippen LogP contribution >= 0.6 is 11.3 Å². The van der Waals surface area contributed by atoms with E-state index in [2.05, 4.69) is 210 Å². The summed E-state index contributed by atoms with van der Waals surface area (Å²) in [4.78, 5) is 2.48. The quantitative estimate of drug-likeness (QED) is 0.168. The van der Waals surface area contributed by atoms with Crippen LogP contribution in [0, 0.1) is 0 Å². The molecule has 9 aromatic carbocycles. The van der Waals surface area contributed by atoms with Crippen LogP contribution in [0.15, 0.2) is 211 Å². The third kappa shape index (κ3) is 5.05. The third-order valence-electron chi connectivity index (χ3n) is 11.6. The van der Waals surface area contributed by atoms with Gasteiger partial charge in [0.1, 0.15) is 11.2 Å². The number of nitrogens with zero attached hydrogens (tertiary/aromatic N) is 2. The lowest BCUT2D eigenvalue weighted by Crippen LogP contribution is -2.10. The minimum Gasteiger partial charge on any atom is -0.455 e. The second-order valence-electron chi connectivity index (χ2n) is 14.9. The first-order valence-electron chi connectivity index (χ1n) is 19.7. The molecule has 0 saturated heterocycles. The molecule has 0 aliphatic heterocycles. The Morgan fingerprint density at radius 3 is 1.95 bits per heavy atom. The van der Waals surface area contributed by atoms with Crippen molar-refractivity contribution in [3.8, 4) is 27.9 Å². The maximum Gasteiger partial charge on any atom is 0.143 e. The summed E-state index contributed by atoms with van der Waals surface area (Å²) in [6, 6.07) is 74.3.